The van der Waals surface area contributed by atoms with E-state index < -0.39 is 15.9 Å². The molecule has 0 saturated carbocycles. The molecule has 1 fully saturated rings. The van der Waals surface area contributed by atoms with Crippen molar-refractivity contribution in [1.29, 1.82) is 0 Å². The highest BCUT2D eigenvalue weighted by molar-refractivity contribution is 7.91. The van der Waals surface area contributed by atoms with Crippen LogP contribution in [0.3, 0.4) is 0 Å². The molecule has 0 spiro atoms. The van der Waals surface area contributed by atoms with Gasteiger partial charge < -0.3 is 5.11 Å². The van der Waals surface area contributed by atoms with E-state index in [1.165, 1.54) is 0 Å². The summed E-state index contributed by atoms with van der Waals surface area (Å²) >= 11 is 0. The van der Waals surface area contributed by atoms with Crippen molar-refractivity contribution in [3.8, 4) is 0 Å². The predicted octanol–water partition coefficient (Wildman–Crippen LogP) is 1.54. The molecule has 1 heterocycles. The fourth-order valence-electron chi connectivity index (χ4n) is 2.45. The molecule has 0 aromatic carbocycles. The molecule has 0 amide bonds. The summed E-state index contributed by atoms with van der Waals surface area (Å²) in [6.07, 6.45) is 1.37. The molecule has 4 nitrogen and oxygen atoms in total. The van der Waals surface area contributed by atoms with Crippen molar-refractivity contribution in [3.05, 3.63) is 0 Å². The number of sulfone groups is 1. The van der Waals surface area contributed by atoms with Crippen LogP contribution in [-0.2, 0) is 9.84 Å². The van der Waals surface area contributed by atoms with Crippen LogP contribution in [0, 0.1) is 11.8 Å². The first-order valence-electron chi connectivity index (χ1n) is 7.34. The minimum absolute atomic E-state index is 0.0719. The van der Waals surface area contributed by atoms with Gasteiger partial charge in [0.15, 0.2) is 9.84 Å². The fourth-order valence-corrected chi connectivity index (χ4v) is 4.28. The van der Waals surface area contributed by atoms with E-state index >= 15 is 0 Å². The van der Waals surface area contributed by atoms with E-state index in [0.717, 1.165) is 25.9 Å². The molecule has 1 aliphatic heterocycles. The molecule has 2 unspecified atom stereocenters. The van der Waals surface area contributed by atoms with E-state index in [1.807, 2.05) is 0 Å². The molecule has 0 aliphatic carbocycles. The summed E-state index contributed by atoms with van der Waals surface area (Å²) in [6.45, 7) is 10.4. The third kappa shape index (κ3) is 5.79. The molecule has 0 radical (unpaired) electrons. The predicted molar refractivity (Wildman–Crippen MR) is 78.9 cm³/mol. The van der Waals surface area contributed by atoms with Crippen molar-refractivity contribution in [3.63, 3.8) is 0 Å². The van der Waals surface area contributed by atoms with Crippen molar-refractivity contribution in [1.82, 2.24) is 4.90 Å². The molecule has 1 saturated heterocycles. The molecule has 1 N–H and O–H groups in total. The average molecular weight is 291 g/mol. The lowest BCUT2D eigenvalue weighted by Crippen LogP contribution is -2.44. The Morgan fingerprint density at radius 1 is 1.05 bits per heavy atom. The largest absolute Gasteiger partial charge is 0.390 e. The van der Waals surface area contributed by atoms with E-state index in [4.69, 9.17) is 0 Å². The number of nitrogens with zero attached hydrogens (tertiary/aromatic N) is 1. The van der Waals surface area contributed by atoms with Crippen LogP contribution in [0.2, 0.25) is 0 Å². The summed E-state index contributed by atoms with van der Waals surface area (Å²) in [4.78, 5) is 2.19. The third-order valence-electron chi connectivity index (χ3n) is 3.75. The van der Waals surface area contributed by atoms with Crippen LogP contribution in [0.1, 0.15) is 40.5 Å². The van der Waals surface area contributed by atoms with Crippen LogP contribution in [-0.4, -0.2) is 55.2 Å². The van der Waals surface area contributed by atoms with Crippen LogP contribution in [0.25, 0.3) is 0 Å². The van der Waals surface area contributed by atoms with Gasteiger partial charge in [0, 0.05) is 0 Å². The fraction of sp³-hybridized carbons (Fsp3) is 1.00. The molecule has 0 aromatic heterocycles. The lowest BCUT2D eigenvalue weighted by Gasteiger charge is -2.31. The van der Waals surface area contributed by atoms with Gasteiger partial charge in [-0.25, -0.2) is 8.42 Å². The lowest BCUT2D eigenvalue weighted by atomic mass is 10.1. The van der Waals surface area contributed by atoms with Gasteiger partial charge in [-0.2, -0.15) is 0 Å². The van der Waals surface area contributed by atoms with Gasteiger partial charge in [-0.3, -0.25) is 4.90 Å². The van der Waals surface area contributed by atoms with E-state index in [1.54, 1.807) is 0 Å². The normalized spacial score (nSPS) is 26.7. The Bertz CT molecular complexity index is 353. The molecular weight excluding hydrogens is 262 g/mol. The zero-order chi connectivity index (χ0) is 14.6. The minimum atomic E-state index is -3.06. The van der Waals surface area contributed by atoms with Crippen LogP contribution in [0.4, 0.5) is 0 Å². The Morgan fingerprint density at radius 2 is 1.53 bits per heavy atom. The lowest BCUT2D eigenvalue weighted by molar-refractivity contribution is 0.0767. The van der Waals surface area contributed by atoms with Gasteiger partial charge in [-0.05, 0) is 37.8 Å². The Hall–Kier alpha value is -0.130. The summed E-state index contributed by atoms with van der Waals surface area (Å²) in [5.41, 5.74) is 0. The van der Waals surface area contributed by atoms with Crippen molar-refractivity contribution in [2.75, 3.05) is 24.6 Å². The molecule has 19 heavy (non-hydrogen) atoms. The van der Waals surface area contributed by atoms with E-state index in [9.17, 15) is 13.5 Å². The van der Waals surface area contributed by atoms with Gasteiger partial charge in [0.05, 0.1) is 23.7 Å². The van der Waals surface area contributed by atoms with E-state index in [2.05, 4.69) is 32.6 Å². The Kier molecular flexibility index (Phi) is 6.27. The van der Waals surface area contributed by atoms with Crippen LogP contribution in [0.15, 0.2) is 0 Å². The van der Waals surface area contributed by atoms with Crippen LogP contribution >= 0.6 is 0 Å². The maximum Gasteiger partial charge on any atom is 0.154 e. The zero-order valence-electron chi connectivity index (χ0n) is 12.7. The van der Waals surface area contributed by atoms with E-state index in [-0.39, 0.29) is 17.5 Å². The number of hydrogen-bond donors (Lipinski definition) is 1. The second-order valence-electron chi connectivity index (χ2n) is 6.61. The molecule has 114 valence electrons. The van der Waals surface area contributed by atoms with Crippen molar-refractivity contribution < 1.29 is 13.5 Å². The zero-order valence-corrected chi connectivity index (χ0v) is 13.5. The van der Waals surface area contributed by atoms with Crippen LogP contribution in [0.5, 0.6) is 0 Å². The smallest absolute Gasteiger partial charge is 0.154 e. The van der Waals surface area contributed by atoms with Gasteiger partial charge in [0.1, 0.15) is 0 Å². The number of aliphatic hydroxyl groups excluding tert-OH is 1. The van der Waals surface area contributed by atoms with Gasteiger partial charge in [0.25, 0.3) is 0 Å². The second-order valence-corrected chi connectivity index (χ2v) is 8.77. The second kappa shape index (κ2) is 7.04. The maximum absolute atomic E-state index is 11.6. The number of hydrogen-bond acceptors (Lipinski definition) is 4. The van der Waals surface area contributed by atoms with Crippen molar-refractivity contribution >= 4 is 9.84 Å². The summed E-state index contributed by atoms with van der Waals surface area (Å²) in [6, 6.07) is -0.206. The first-order valence-corrected chi connectivity index (χ1v) is 9.16. The molecule has 0 bridgehead atoms. The highest BCUT2D eigenvalue weighted by atomic mass is 32.2. The van der Waals surface area contributed by atoms with Crippen molar-refractivity contribution in [2.45, 2.75) is 52.7 Å². The minimum Gasteiger partial charge on any atom is -0.390 e. The monoisotopic (exact) mass is 291 g/mol. The molecule has 1 rings (SSSR count). The van der Waals surface area contributed by atoms with Gasteiger partial charge in [0.2, 0.25) is 0 Å². The molecule has 2 atom stereocenters. The van der Waals surface area contributed by atoms with Gasteiger partial charge >= 0.3 is 0 Å². The van der Waals surface area contributed by atoms with Gasteiger partial charge in [-0.1, -0.05) is 27.7 Å². The third-order valence-corrected chi connectivity index (χ3v) is 5.45. The summed E-state index contributed by atoms with van der Waals surface area (Å²) in [7, 11) is -3.06. The van der Waals surface area contributed by atoms with E-state index in [0.29, 0.717) is 11.8 Å². The number of rotatable bonds is 7. The van der Waals surface area contributed by atoms with Crippen LogP contribution < -0.4 is 0 Å². The SMILES string of the molecule is CC(C)CCN(CCC(C)C)C1CS(=O)(=O)CC1O. The maximum atomic E-state index is 11.6. The highest BCUT2D eigenvalue weighted by Gasteiger charge is 2.39. The molecule has 0 aromatic rings. The first-order chi connectivity index (χ1) is 8.71. The Morgan fingerprint density at radius 3 is 1.84 bits per heavy atom. The standard InChI is InChI=1S/C14H29NO3S/c1-11(2)5-7-15(8-6-12(3)4)13-9-19(17,18)10-14(13)16/h11-14,16H,5-10H2,1-4H3. The molecule has 5 heteroatoms. The molecule has 1 aliphatic rings. The topological polar surface area (TPSA) is 57.6 Å². The van der Waals surface area contributed by atoms with Gasteiger partial charge in [-0.15, -0.1) is 0 Å². The average Bonchev–Trinajstić information content (AvgIpc) is 2.51. The summed E-state index contributed by atoms with van der Waals surface area (Å²) in [5, 5.41) is 10.0. The number of aliphatic hydroxyl groups is 1. The first kappa shape index (κ1) is 16.9. The Balaban J connectivity index is 2.66. The quantitative estimate of drug-likeness (QED) is 0.773. The van der Waals surface area contributed by atoms with Crippen molar-refractivity contribution in [2.24, 2.45) is 11.8 Å². The summed E-state index contributed by atoms with van der Waals surface area (Å²) in [5.74, 6) is 1.23. The summed E-state index contributed by atoms with van der Waals surface area (Å²) < 4.78 is 23.3. The Labute approximate surface area is 118 Å². The molecular formula is C14H29NO3S. The highest BCUT2D eigenvalue weighted by Crippen LogP contribution is 2.20.